The summed E-state index contributed by atoms with van der Waals surface area (Å²) in [5.41, 5.74) is 10.2. The number of nitrogen functional groups attached to an aromatic ring is 1. The van der Waals surface area contributed by atoms with E-state index in [1.54, 1.807) is 18.2 Å². The summed E-state index contributed by atoms with van der Waals surface area (Å²) in [6.45, 7) is 12.1. The zero-order chi connectivity index (χ0) is 40.0. The second-order valence-electron chi connectivity index (χ2n) is 14.4. The summed E-state index contributed by atoms with van der Waals surface area (Å²) in [4.78, 5) is 65.6. The molecule has 0 saturated carbocycles. The fourth-order valence-corrected chi connectivity index (χ4v) is 7.13. The van der Waals surface area contributed by atoms with Gasteiger partial charge in [-0.2, -0.15) is 0 Å². The number of carbonyl (C=O) groups is 5. The second kappa shape index (κ2) is 21.1. The zero-order valence-electron chi connectivity index (χ0n) is 32.7. The van der Waals surface area contributed by atoms with Gasteiger partial charge in [0, 0.05) is 25.2 Å². The topological polar surface area (TPSA) is 200 Å². The van der Waals surface area contributed by atoms with E-state index in [0.29, 0.717) is 89.8 Å². The lowest BCUT2D eigenvalue weighted by atomic mass is 9.86. The molecule has 0 spiro atoms. The molecule has 2 aromatic carbocycles. The van der Waals surface area contributed by atoms with E-state index in [1.807, 2.05) is 19.9 Å². The molecule has 5 N–H and O–H groups in total. The Kier molecular flexibility index (Phi) is 16.0. The number of anilines is 2. The first-order valence-corrected chi connectivity index (χ1v) is 19.5. The van der Waals surface area contributed by atoms with Gasteiger partial charge in [0.1, 0.15) is 11.8 Å². The van der Waals surface area contributed by atoms with Gasteiger partial charge in [0.2, 0.25) is 17.7 Å². The Bertz CT molecular complexity index is 1700. The van der Waals surface area contributed by atoms with E-state index >= 15 is 0 Å². The van der Waals surface area contributed by atoms with Gasteiger partial charge in [-0.15, -0.1) is 0 Å². The molecule has 2 saturated heterocycles. The number of nitrogens with one attached hydrogen (secondary N) is 3. The van der Waals surface area contributed by atoms with Crippen molar-refractivity contribution >= 4 is 40.9 Å². The normalized spacial score (nSPS) is 17.7. The number of aryl methyl sites for hydroxylation is 1. The maximum absolute atomic E-state index is 13.2. The number of hydrogen-bond acceptors (Lipinski definition) is 13. The van der Waals surface area contributed by atoms with Crippen molar-refractivity contribution in [3.05, 3.63) is 52.6 Å². The minimum Gasteiger partial charge on any atom is -0.489 e. The first-order valence-electron chi connectivity index (χ1n) is 19.5. The Morgan fingerprint density at radius 2 is 1.52 bits per heavy atom. The predicted molar refractivity (Wildman–Crippen MR) is 208 cm³/mol. The summed E-state index contributed by atoms with van der Waals surface area (Å²) in [7, 11) is 0. The molecule has 0 aliphatic carbocycles. The Morgan fingerprint density at radius 1 is 0.875 bits per heavy atom. The first kappa shape index (κ1) is 42.5. The minimum absolute atomic E-state index is 0.00870. The predicted octanol–water partition coefficient (Wildman–Crippen LogP) is 2.24. The molecule has 2 aromatic rings. The van der Waals surface area contributed by atoms with Crippen LogP contribution >= 0.6 is 0 Å². The van der Waals surface area contributed by atoms with Crippen LogP contribution in [0.5, 0.6) is 5.75 Å². The van der Waals surface area contributed by atoms with E-state index in [9.17, 15) is 24.0 Å². The maximum Gasteiger partial charge on any atom is 0.264 e. The van der Waals surface area contributed by atoms with Crippen molar-refractivity contribution in [3.63, 3.8) is 0 Å². The Balaban J connectivity index is 0.832. The number of amides is 5. The van der Waals surface area contributed by atoms with Gasteiger partial charge < -0.3 is 40.1 Å². The third kappa shape index (κ3) is 11.7. The number of benzene rings is 2. The highest BCUT2D eigenvalue weighted by Crippen LogP contribution is 2.36. The van der Waals surface area contributed by atoms with Crippen molar-refractivity contribution in [2.45, 2.75) is 64.5 Å². The molecule has 5 rings (SSSR count). The number of ether oxygens (including phenoxy) is 5. The number of fused-ring (bicyclic) bond motifs is 1. The number of hydrogen-bond donors (Lipinski definition) is 4. The van der Waals surface area contributed by atoms with Crippen LogP contribution in [-0.2, 0) is 33.3 Å². The van der Waals surface area contributed by atoms with Gasteiger partial charge in [-0.1, -0.05) is 6.07 Å². The van der Waals surface area contributed by atoms with Crippen LogP contribution in [0.1, 0.15) is 77.3 Å². The standard InChI is InChI=1S/C40H56N6O10/c1-26(2)56-34-24-30(27(3)23-31(34)41)28-9-13-45(14-10-28)25-36(48)43-12-16-53-18-20-55-22-21-54-19-17-52-15-11-42-32-6-4-5-29-37(32)40(51)46(39(29)50)33-7-8-35(47)44-38(33)49/h4-6,23-24,26,28,33,42H,7-22,25,41H2,1-3H3,(H,43,48)(H,44,47,49). The fourth-order valence-electron chi connectivity index (χ4n) is 7.13. The van der Waals surface area contributed by atoms with Gasteiger partial charge in [-0.05, 0) is 94.4 Å². The summed E-state index contributed by atoms with van der Waals surface area (Å²) in [6, 6.07) is 7.99. The van der Waals surface area contributed by atoms with Crippen LogP contribution in [0.2, 0.25) is 0 Å². The van der Waals surface area contributed by atoms with Crippen molar-refractivity contribution < 1.29 is 47.7 Å². The average Bonchev–Trinajstić information content (AvgIpc) is 3.42. The average molecular weight is 781 g/mol. The van der Waals surface area contributed by atoms with E-state index in [4.69, 9.17) is 29.4 Å². The summed E-state index contributed by atoms with van der Waals surface area (Å²) >= 11 is 0. The number of imide groups is 2. The number of carbonyl (C=O) groups excluding carboxylic acids is 5. The van der Waals surface area contributed by atoms with E-state index in [-0.39, 0.29) is 36.0 Å². The van der Waals surface area contributed by atoms with Crippen molar-refractivity contribution in [1.29, 1.82) is 0 Å². The van der Waals surface area contributed by atoms with Gasteiger partial charge in [-0.25, -0.2) is 0 Å². The molecule has 0 radical (unpaired) electrons. The molecule has 3 aliphatic rings. The highest BCUT2D eigenvalue weighted by Gasteiger charge is 2.45. The van der Waals surface area contributed by atoms with Crippen LogP contribution in [0.3, 0.4) is 0 Å². The lowest BCUT2D eigenvalue weighted by molar-refractivity contribution is -0.136. The van der Waals surface area contributed by atoms with Crippen LogP contribution in [0.25, 0.3) is 0 Å². The maximum atomic E-state index is 13.2. The first-order chi connectivity index (χ1) is 27.0. The molecule has 16 heteroatoms. The van der Waals surface area contributed by atoms with Gasteiger partial charge >= 0.3 is 0 Å². The van der Waals surface area contributed by atoms with Crippen LogP contribution in [0.4, 0.5) is 11.4 Å². The Hall–Kier alpha value is -4.61. The summed E-state index contributed by atoms with van der Waals surface area (Å²) in [6.07, 6.45) is 2.17. The van der Waals surface area contributed by atoms with Gasteiger partial charge in [0.15, 0.2) is 0 Å². The number of likely N-dealkylation sites (tertiary alicyclic amines) is 1. The number of nitrogens with zero attached hydrogens (tertiary/aromatic N) is 2. The van der Waals surface area contributed by atoms with E-state index < -0.39 is 29.7 Å². The highest BCUT2D eigenvalue weighted by atomic mass is 16.6. The van der Waals surface area contributed by atoms with Crippen LogP contribution in [0.15, 0.2) is 30.3 Å². The van der Waals surface area contributed by atoms with E-state index in [1.165, 1.54) is 11.1 Å². The smallest absolute Gasteiger partial charge is 0.264 e. The van der Waals surface area contributed by atoms with Gasteiger partial charge in [0.05, 0.1) is 82.3 Å². The molecule has 3 aliphatic heterocycles. The molecular formula is C40H56N6O10. The van der Waals surface area contributed by atoms with Crippen molar-refractivity contribution in [1.82, 2.24) is 20.4 Å². The molecule has 0 aromatic heterocycles. The zero-order valence-corrected chi connectivity index (χ0v) is 32.7. The van der Waals surface area contributed by atoms with Crippen LogP contribution in [-0.4, -0.2) is 137 Å². The molecule has 0 bridgehead atoms. The molecule has 16 nitrogen and oxygen atoms in total. The minimum atomic E-state index is -1.01. The third-order valence-electron chi connectivity index (χ3n) is 9.87. The Labute approximate surface area is 328 Å². The molecule has 3 heterocycles. The van der Waals surface area contributed by atoms with E-state index in [0.717, 1.165) is 36.6 Å². The van der Waals surface area contributed by atoms with Crippen LogP contribution in [0, 0.1) is 6.92 Å². The van der Waals surface area contributed by atoms with Gasteiger partial charge in [0.25, 0.3) is 11.8 Å². The molecule has 56 heavy (non-hydrogen) atoms. The SMILES string of the molecule is Cc1cc(N)c(OC(C)C)cc1C1CCN(CC(=O)NCCOCCOCCOCCOCCNc2cccc3c2C(=O)N(C2CCC(=O)NC2=O)C3=O)CC1. The number of rotatable bonds is 22. The summed E-state index contributed by atoms with van der Waals surface area (Å²) < 4.78 is 28.2. The summed E-state index contributed by atoms with van der Waals surface area (Å²) in [5, 5.41) is 8.27. The van der Waals surface area contributed by atoms with Crippen LogP contribution < -0.4 is 26.4 Å². The molecule has 306 valence electrons. The van der Waals surface area contributed by atoms with E-state index in [2.05, 4.69) is 33.8 Å². The molecular weight excluding hydrogens is 724 g/mol. The van der Waals surface area contributed by atoms with Gasteiger partial charge in [-0.3, -0.25) is 39.1 Å². The quantitative estimate of drug-likeness (QED) is 0.0772. The van der Waals surface area contributed by atoms with Crippen molar-refractivity contribution in [2.24, 2.45) is 0 Å². The van der Waals surface area contributed by atoms with Crippen molar-refractivity contribution in [3.8, 4) is 5.75 Å². The fraction of sp³-hybridized carbons (Fsp3) is 0.575. The number of piperidine rings is 2. The molecule has 1 atom stereocenters. The lowest BCUT2D eigenvalue weighted by Gasteiger charge is -2.32. The number of nitrogens with two attached hydrogens (primary N) is 1. The monoisotopic (exact) mass is 780 g/mol. The highest BCUT2D eigenvalue weighted by molar-refractivity contribution is 6.25. The molecule has 2 fully saturated rings. The molecule has 1 unspecified atom stereocenters. The van der Waals surface area contributed by atoms with Crippen molar-refractivity contribution in [2.75, 3.05) is 96.6 Å². The second-order valence-corrected chi connectivity index (χ2v) is 14.4. The largest absolute Gasteiger partial charge is 0.489 e. The Morgan fingerprint density at radius 3 is 2.16 bits per heavy atom. The lowest BCUT2D eigenvalue weighted by Crippen LogP contribution is -2.54. The summed E-state index contributed by atoms with van der Waals surface area (Å²) in [5.74, 6) is -1.03. The molecule has 5 amide bonds. The third-order valence-corrected chi connectivity index (χ3v) is 9.87.